The molecule has 0 unspecified atom stereocenters. The van der Waals surface area contributed by atoms with Crippen LogP contribution in [0.4, 0.5) is 0 Å². The molecule has 1 aromatic rings. The normalized spacial score (nSPS) is 11.2. The average molecular weight is 264 g/mol. The standard InChI is InChI=1S/C15H24N2O2/c1-11-6-7-13(19-5)12(8-11)9-17-10-15(2,3)14(18)16-4/h6-8,17H,9-10H2,1-5H3,(H,16,18). The molecule has 0 atom stereocenters. The first-order chi connectivity index (χ1) is 8.90. The minimum atomic E-state index is -0.425. The fourth-order valence-electron chi connectivity index (χ4n) is 1.97. The summed E-state index contributed by atoms with van der Waals surface area (Å²) in [5.74, 6) is 0.909. The number of benzene rings is 1. The highest BCUT2D eigenvalue weighted by molar-refractivity contribution is 5.81. The van der Waals surface area contributed by atoms with Gasteiger partial charge in [-0.3, -0.25) is 4.79 Å². The maximum absolute atomic E-state index is 11.7. The van der Waals surface area contributed by atoms with Crippen LogP contribution in [0, 0.1) is 12.3 Å². The van der Waals surface area contributed by atoms with Crippen LogP contribution in [0.25, 0.3) is 0 Å². The van der Waals surface area contributed by atoms with Crippen molar-refractivity contribution in [3.63, 3.8) is 0 Å². The van der Waals surface area contributed by atoms with Crippen LogP contribution in [0.3, 0.4) is 0 Å². The molecule has 4 heteroatoms. The number of aryl methyl sites for hydroxylation is 1. The number of rotatable bonds is 6. The van der Waals surface area contributed by atoms with Crippen LogP contribution in [0.15, 0.2) is 18.2 Å². The second-order valence-electron chi connectivity index (χ2n) is 5.38. The highest BCUT2D eigenvalue weighted by atomic mass is 16.5. The molecule has 0 aliphatic rings. The van der Waals surface area contributed by atoms with E-state index in [4.69, 9.17) is 4.74 Å². The van der Waals surface area contributed by atoms with Gasteiger partial charge in [-0.05, 0) is 26.8 Å². The van der Waals surface area contributed by atoms with Crippen molar-refractivity contribution in [1.29, 1.82) is 0 Å². The van der Waals surface area contributed by atoms with Gasteiger partial charge in [-0.25, -0.2) is 0 Å². The van der Waals surface area contributed by atoms with Gasteiger partial charge in [0, 0.05) is 25.7 Å². The van der Waals surface area contributed by atoms with Gasteiger partial charge in [0.1, 0.15) is 5.75 Å². The minimum absolute atomic E-state index is 0.0382. The monoisotopic (exact) mass is 264 g/mol. The molecule has 19 heavy (non-hydrogen) atoms. The van der Waals surface area contributed by atoms with Gasteiger partial charge in [0.05, 0.1) is 12.5 Å². The van der Waals surface area contributed by atoms with Crippen LogP contribution in [0.2, 0.25) is 0 Å². The van der Waals surface area contributed by atoms with E-state index in [1.54, 1.807) is 14.2 Å². The summed E-state index contributed by atoms with van der Waals surface area (Å²) in [5.41, 5.74) is 1.88. The quantitative estimate of drug-likeness (QED) is 0.824. The molecular weight excluding hydrogens is 240 g/mol. The van der Waals surface area contributed by atoms with Crippen molar-refractivity contribution in [2.75, 3.05) is 20.7 Å². The first kappa shape index (κ1) is 15.5. The summed E-state index contributed by atoms with van der Waals surface area (Å²) in [5, 5.41) is 6.00. The van der Waals surface area contributed by atoms with Gasteiger partial charge in [-0.1, -0.05) is 17.7 Å². The number of amides is 1. The van der Waals surface area contributed by atoms with E-state index < -0.39 is 5.41 Å². The van der Waals surface area contributed by atoms with Crippen molar-refractivity contribution in [3.05, 3.63) is 29.3 Å². The topological polar surface area (TPSA) is 50.4 Å². The molecule has 0 radical (unpaired) electrons. The van der Waals surface area contributed by atoms with E-state index in [2.05, 4.69) is 23.6 Å². The predicted octanol–water partition coefficient (Wildman–Crippen LogP) is 1.87. The molecule has 0 aromatic heterocycles. The highest BCUT2D eigenvalue weighted by Crippen LogP contribution is 2.20. The predicted molar refractivity (Wildman–Crippen MR) is 77.3 cm³/mol. The van der Waals surface area contributed by atoms with Crippen LogP contribution < -0.4 is 15.4 Å². The van der Waals surface area contributed by atoms with Crippen molar-refractivity contribution in [2.45, 2.75) is 27.3 Å². The van der Waals surface area contributed by atoms with Gasteiger partial charge in [-0.2, -0.15) is 0 Å². The Hall–Kier alpha value is -1.55. The SMILES string of the molecule is CNC(=O)C(C)(C)CNCc1cc(C)ccc1OC. The van der Waals surface area contributed by atoms with Crippen molar-refractivity contribution in [2.24, 2.45) is 5.41 Å². The Morgan fingerprint density at radius 2 is 2.05 bits per heavy atom. The Morgan fingerprint density at radius 1 is 1.37 bits per heavy atom. The summed E-state index contributed by atoms with van der Waals surface area (Å²) >= 11 is 0. The lowest BCUT2D eigenvalue weighted by Crippen LogP contribution is -2.41. The Kier molecular flexibility index (Phi) is 5.36. The number of hydrogen-bond donors (Lipinski definition) is 2. The summed E-state index contributed by atoms with van der Waals surface area (Å²) in [4.78, 5) is 11.7. The number of carbonyl (C=O) groups is 1. The number of ether oxygens (including phenoxy) is 1. The molecule has 2 N–H and O–H groups in total. The lowest BCUT2D eigenvalue weighted by molar-refractivity contribution is -0.128. The van der Waals surface area contributed by atoms with Gasteiger partial charge in [0.15, 0.2) is 0 Å². The zero-order valence-electron chi connectivity index (χ0n) is 12.5. The second-order valence-corrected chi connectivity index (χ2v) is 5.38. The summed E-state index contributed by atoms with van der Waals surface area (Å²) in [6.07, 6.45) is 0. The van der Waals surface area contributed by atoms with E-state index in [1.807, 2.05) is 26.0 Å². The van der Waals surface area contributed by atoms with E-state index in [1.165, 1.54) is 5.56 Å². The number of hydrogen-bond acceptors (Lipinski definition) is 3. The maximum Gasteiger partial charge on any atom is 0.226 e. The highest BCUT2D eigenvalue weighted by Gasteiger charge is 2.25. The molecule has 0 saturated carbocycles. The minimum Gasteiger partial charge on any atom is -0.496 e. The van der Waals surface area contributed by atoms with Gasteiger partial charge in [0.25, 0.3) is 0 Å². The Morgan fingerprint density at radius 3 is 2.63 bits per heavy atom. The third-order valence-corrected chi connectivity index (χ3v) is 3.16. The Labute approximate surface area is 115 Å². The first-order valence-corrected chi connectivity index (χ1v) is 6.47. The van der Waals surface area contributed by atoms with Crippen LogP contribution in [-0.2, 0) is 11.3 Å². The van der Waals surface area contributed by atoms with Crippen LogP contribution in [0.1, 0.15) is 25.0 Å². The van der Waals surface area contributed by atoms with Crippen molar-refractivity contribution in [1.82, 2.24) is 10.6 Å². The van der Waals surface area contributed by atoms with Crippen molar-refractivity contribution in [3.8, 4) is 5.75 Å². The molecule has 0 aliphatic carbocycles. The number of methoxy groups -OCH3 is 1. The fraction of sp³-hybridized carbons (Fsp3) is 0.533. The average Bonchev–Trinajstić information content (AvgIpc) is 2.37. The van der Waals surface area contributed by atoms with Gasteiger partial charge in [0.2, 0.25) is 5.91 Å². The van der Waals surface area contributed by atoms with E-state index in [0.717, 1.165) is 11.3 Å². The summed E-state index contributed by atoms with van der Waals surface area (Å²) in [6.45, 7) is 7.20. The second kappa shape index (κ2) is 6.57. The largest absolute Gasteiger partial charge is 0.496 e. The summed E-state index contributed by atoms with van der Waals surface area (Å²) < 4.78 is 5.33. The van der Waals surface area contributed by atoms with Crippen LogP contribution in [-0.4, -0.2) is 26.6 Å². The third-order valence-electron chi connectivity index (χ3n) is 3.16. The number of carbonyl (C=O) groups excluding carboxylic acids is 1. The maximum atomic E-state index is 11.7. The van der Waals surface area contributed by atoms with E-state index in [-0.39, 0.29) is 5.91 Å². The molecule has 0 heterocycles. The third kappa shape index (κ3) is 4.24. The van der Waals surface area contributed by atoms with Crippen LogP contribution >= 0.6 is 0 Å². The molecule has 1 aromatic carbocycles. The van der Waals surface area contributed by atoms with Crippen molar-refractivity contribution < 1.29 is 9.53 Å². The lowest BCUT2D eigenvalue weighted by Gasteiger charge is -2.23. The smallest absolute Gasteiger partial charge is 0.226 e. The van der Waals surface area contributed by atoms with Gasteiger partial charge >= 0.3 is 0 Å². The van der Waals surface area contributed by atoms with Crippen LogP contribution in [0.5, 0.6) is 5.75 Å². The molecule has 0 spiro atoms. The molecule has 106 valence electrons. The fourth-order valence-corrected chi connectivity index (χ4v) is 1.97. The lowest BCUT2D eigenvalue weighted by atomic mass is 9.92. The molecule has 0 aliphatic heterocycles. The van der Waals surface area contributed by atoms with Gasteiger partial charge in [-0.15, -0.1) is 0 Å². The molecular formula is C15H24N2O2. The molecule has 0 bridgehead atoms. The van der Waals surface area contributed by atoms with Gasteiger partial charge < -0.3 is 15.4 Å². The van der Waals surface area contributed by atoms with Crippen molar-refractivity contribution >= 4 is 5.91 Å². The summed E-state index contributed by atoms with van der Waals surface area (Å²) in [6, 6.07) is 6.09. The van der Waals surface area contributed by atoms with E-state index in [9.17, 15) is 4.79 Å². The molecule has 0 fully saturated rings. The number of nitrogens with one attached hydrogen (secondary N) is 2. The molecule has 1 rings (SSSR count). The zero-order chi connectivity index (χ0) is 14.5. The summed E-state index contributed by atoms with van der Waals surface area (Å²) in [7, 11) is 3.33. The first-order valence-electron chi connectivity index (χ1n) is 6.47. The Bertz CT molecular complexity index is 442. The molecule has 0 saturated heterocycles. The molecule has 4 nitrogen and oxygen atoms in total. The zero-order valence-corrected chi connectivity index (χ0v) is 12.5. The Balaban J connectivity index is 2.63. The van der Waals surface area contributed by atoms with E-state index >= 15 is 0 Å². The molecule has 1 amide bonds. The van der Waals surface area contributed by atoms with E-state index in [0.29, 0.717) is 13.1 Å².